The SMILES string of the molecule is CC(C)(C)c1ccc2c(NC34CC5CC(CC(C5)C3)C4)coc2c1.Cc1cc(Cl)cc(N(c2ccc(C(C)(C)C)cc2)c2ccc(C(C)(C)C)cc2)c1.Cc1cc(N(c2ccc(C(C)(C)C)cc2)c2ccc(C(C)(C)C)cc2)cc(N(c2coc3cc(C(C)(C)C)ccc23)C23CC4CC(CC(C4)C2)C3)c1. The summed E-state index contributed by atoms with van der Waals surface area (Å²) in [6, 6.07) is 63.4. The largest absolute Gasteiger partial charge is 0.462 e. The van der Waals surface area contributed by atoms with Gasteiger partial charge in [-0.05, 0) is 313 Å². The normalized spacial score (nSPS) is 22.7. The Morgan fingerprint density at radius 1 is 0.333 bits per heavy atom. The third kappa shape index (κ3) is 15.7. The number of anilines is 9. The summed E-state index contributed by atoms with van der Waals surface area (Å²) < 4.78 is 12.5. The molecule has 6 nitrogen and oxygen atoms in total. The molecule has 552 valence electrons. The van der Waals surface area contributed by atoms with Crippen LogP contribution in [0.4, 0.5) is 51.2 Å². The van der Waals surface area contributed by atoms with Crippen LogP contribution in [0.5, 0.6) is 0 Å². The molecule has 0 spiro atoms. The maximum Gasteiger partial charge on any atom is 0.136 e. The van der Waals surface area contributed by atoms with E-state index in [1.54, 1.807) is 0 Å². The number of benzene rings is 8. The van der Waals surface area contributed by atoms with E-state index in [1.165, 1.54) is 161 Å². The van der Waals surface area contributed by atoms with Gasteiger partial charge in [0.25, 0.3) is 0 Å². The minimum absolute atomic E-state index is 0.0613. The third-order valence-electron chi connectivity index (χ3n) is 24.8. The van der Waals surface area contributed by atoms with Gasteiger partial charge in [0.1, 0.15) is 23.7 Å². The van der Waals surface area contributed by atoms with Crippen LogP contribution in [0, 0.1) is 49.4 Å². The standard InChI is InChI=1S/C49H60N2O.C27H32ClN.C22H29NO/c1-32-21-41(50(39-16-11-36(12-17-39)46(2,3)4)40-18-13-37(14-19-40)47(5,6)7)27-42(22-32)51(49-28-33-23-34(29-49)25-35(24-33)30-49)44-31-52-45-26-38(48(8,9)10)15-20-43(44)45;1-19-16-22(28)18-25(17-19)29(23-12-8-20(9-13-23)26(2,3)4)24-14-10-21(11-15-24)27(5,6)7;1-21(2,3)17-4-5-18-19(13-24-20(18)9-17)23-22-10-14-6-15(11-22)8-16(7-14)12-22/h11-22,26-27,31,33-35H,23-25,28-30H2,1-10H3;8-18H,1-7H3;4-5,9,13-16,23H,6-8,10-12H2,1-3H3. The zero-order valence-electron chi connectivity index (χ0n) is 67.3. The lowest BCUT2D eigenvalue weighted by molar-refractivity contribution is 0.000591. The number of furan rings is 2. The molecule has 1 N–H and O–H groups in total. The fraction of sp³-hybridized carbons (Fsp3) is 0.469. The smallest absolute Gasteiger partial charge is 0.136 e. The first-order chi connectivity index (χ1) is 49.3. The number of rotatable bonds is 11. The molecule has 105 heavy (non-hydrogen) atoms. The molecule has 0 aliphatic heterocycles. The predicted molar refractivity (Wildman–Crippen MR) is 449 cm³/mol. The van der Waals surface area contributed by atoms with Crippen LogP contribution in [0.3, 0.4) is 0 Å². The first-order valence-electron chi connectivity index (χ1n) is 39.9. The highest BCUT2D eigenvalue weighted by molar-refractivity contribution is 6.31. The summed E-state index contributed by atoms with van der Waals surface area (Å²) in [5.74, 6) is 5.37. The van der Waals surface area contributed by atoms with Crippen molar-refractivity contribution in [1.82, 2.24) is 0 Å². The van der Waals surface area contributed by atoms with Crippen LogP contribution >= 0.6 is 11.6 Å². The lowest BCUT2D eigenvalue weighted by Crippen LogP contribution is -2.58. The Morgan fingerprint density at radius 2 is 0.648 bits per heavy atom. The van der Waals surface area contributed by atoms with Crippen LogP contribution in [0.2, 0.25) is 5.02 Å². The van der Waals surface area contributed by atoms with Crippen LogP contribution in [0.1, 0.15) is 246 Å². The van der Waals surface area contributed by atoms with Gasteiger partial charge < -0.3 is 28.9 Å². The third-order valence-corrected chi connectivity index (χ3v) is 25.1. The maximum atomic E-state index is 6.52. The van der Waals surface area contributed by atoms with Gasteiger partial charge in [-0.1, -0.05) is 197 Å². The first kappa shape index (κ1) is 74.2. The molecule has 0 unspecified atom stereocenters. The highest BCUT2D eigenvalue weighted by Gasteiger charge is 2.55. The Kier molecular flexibility index (Phi) is 19.5. The Morgan fingerprint density at radius 3 is 1.02 bits per heavy atom. The minimum atomic E-state index is 0.0613. The molecular formula is C98H121ClN4O2. The number of aryl methyl sites for hydroxylation is 2. The van der Waals surface area contributed by atoms with Crippen molar-refractivity contribution in [3.8, 4) is 0 Å². The number of hydrogen-bond acceptors (Lipinski definition) is 6. The van der Waals surface area contributed by atoms with Gasteiger partial charge >= 0.3 is 0 Å². The lowest BCUT2D eigenvalue weighted by Gasteiger charge is -2.61. The average molecular weight is 1420 g/mol. The van der Waals surface area contributed by atoms with E-state index in [-0.39, 0.29) is 38.0 Å². The summed E-state index contributed by atoms with van der Waals surface area (Å²) >= 11 is 6.41. The number of nitrogens with zero attached hydrogens (tertiary/aromatic N) is 3. The van der Waals surface area contributed by atoms with Gasteiger partial charge in [0.15, 0.2) is 0 Å². The molecule has 0 radical (unpaired) electrons. The van der Waals surface area contributed by atoms with Crippen molar-refractivity contribution in [3.05, 3.63) is 232 Å². The van der Waals surface area contributed by atoms with E-state index in [4.69, 9.17) is 20.4 Å². The lowest BCUT2D eigenvalue weighted by atomic mass is 9.52. The molecule has 10 aromatic rings. The summed E-state index contributed by atoms with van der Waals surface area (Å²) in [6.07, 6.45) is 20.6. The summed E-state index contributed by atoms with van der Waals surface area (Å²) in [7, 11) is 0. The van der Waals surface area contributed by atoms with Gasteiger partial charge in [-0.25, -0.2) is 0 Å². The monoisotopic (exact) mass is 1420 g/mol. The fourth-order valence-corrected chi connectivity index (χ4v) is 20.3. The molecule has 8 saturated carbocycles. The molecule has 2 aromatic heterocycles. The molecule has 8 fully saturated rings. The number of fused-ring (bicyclic) bond motifs is 2. The van der Waals surface area contributed by atoms with Crippen molar-refractivity contribution in [2.75, 3.05) is 20.0 Å². The van der Waals surface area contributed by atoms with Crippen LogP contribution in [-0.2, 0) is 32.5 Å². The van der Waals surface area contributed by atoms with E-state index in [2.05, 4.69) is 322 Å². The maximum absolute atomic E-state index is 6.52. The second-order valence-electron chi connectivity index (χ2n) is 39.9. The Bertz CT molecular complexity index is 4530. The van der Waals surface area contributed by atoms with Crippen molar-refractivity contribution in [2.24, 2.45) is 35.5 Å². The van der Waals surface area contributed by atoms with Crippen LogP contribution in [0.25, 0.3) is 21.9 Å². The second-order valence-corrected chi connectivity index (χ2v) is 40.3. The molecule has 0 amide bonds. The van der Waals surface area contributed by atoms with E-state index < -0.39 is 0 Å². The number of hydrogen-bond donors (Lipinski definition) is 1. The van der Waals surface area contributed by atoms with Crippen molar-refractivity contribution < 1.29 is 8.83 Å². The quantitative estimate of drug-likeness (QED) is 0.139. The van der Waals surface area contributed by atoms with Crippen molar-refractivity contribution in [2.45, 2.75) is 259 Å². The second kappa shape index (κ2) is 27.5. The average Bonchev–Trinajstić information content (AvgIpc) is 1.63. The van der Waals surface area contributed by atoms with E-state index >= 15 is 0 Å². The Balaban J connectivity index is 0.000000147. The summed E-state index contributed by atoms with van der Waals surface area (Å²) in [6.45, 7) is 45.2. The van der Waals surface area contributed by atoms with Gasteiger partial charge in [-0.2, -0.15) is 0 Å². The molecular weight excluding hydrogens is 1300 g/mol. The minimum Gasteiger partial charge on any atom is -0.462 e. The van der Waals surface area contributed by atoms with Gasteiger partial charge in [-0.3, -0.25) is 0 Å². The zero-order valence-corrected chi connectivity index (χ0v) is 68.1. The topological polar surface area (TPSA) is 48.0 Å². The molecule has 7 heteroatoms. The van der Waals surface area contributed by atoms with Crippen molar-refractivity contribution in [3.63, 3.8) is 0 Å². The van der Waals surface area contributed by atoms with Gasteiger partial charge in [0.2, 0.25) is 0 Å². The highest BCUT2D eigenvalue weighted by Crippen LogP contribution is 2.62. The molecule has 8 aromatic carbocycles. The Labute approximate surface area is 636 Å². The van der Waals surface area contributed by atoms with Crippen LogP contribution in [0.15, 0.2) is 191 Å². The molecule has 0 atom stereocenters. The van der Waals surface area contributed by atoms with Crippen molar-refractivity contribution in [1.29, 1.82) is 0 Å². The summed E-state index contributed by atoms with van der Waals surface area (Å²) in [5, 5.41) is 7.20. The first-order valence-corrected chi connectivity index (χ1v) is 40.2. The zero-order chi connectivity index (χ0) is 74.7. The van der Waals surface area contributed by atoms with E-state index in [0.717, 1.165) is 74.3 Å². The molecule has 18 rings (SSSR count). The van der Waals surface area contributed by atoms with E-state index in [1.807, 2.05) is 18.4 Å². The summed E-state index contributed by atoms with van der Waals surface area (Å²) in [4.78, 5) is 7.52. The molecule has 2 heterocycles. The summed E-state index contributed by atoms with van der Waals surface area (Å²) in [5.41, 5.74) is 24.1. The molecule has 8 aliphatic rings. The van der Waals surface area contributed by atoms with Gasteiger partial charge in [0.05, 0.1) is 11.4 Å². The van der Waals surface area contributed by atoms with Gasteiger partial charge in [-0.15, -0.1) is 0 Å². The van der Waals surface area contributed by atoms with Crippen LogP contribution in [-0.4, -0.2) is 11.1 Å². The highest BCUT2D eigenvalue weighted by atomic mass is 35.5. The number of nitrogens with one attached hydrogen (secondary N) is 1. The molecule has 8 aliphatic carbocycles. The molecule has 8 bridgehead atoms. The molecule has 0 saturated heterocycles. The Hall–Kier alpha value is -7.67. The fourth-order valence-electron chi connectivity index (χ4n) is 20.0. The van der Waals surface area contributed by atoms with Crippen molar-refractivity contribution >= 4 is 84.7 Å². The van der Waals surface area contributed by atoms with Crippen LogP contribution < -0.4 is 20.0 Å². The van der Waals surface area contributed by atoms with Gasteiger partial charge in [0, 0.05) is 66.7 Å². The predicted octanol–water partition coefficient (Wildman–Crippen LogP) is 29.0. The van der Waals surface area contributed by atoms with E-state index in [0.29, 0.717) is 5.54 Å². The van der Waals surface area contributed by atoms with E-state index in [9.17, 15) is 0 Å². The number of halogens is 1.